The molecule has 0 spiro atoms. The van der Waals surface area contributed by atoms with Crippen molar-refractivity contribution >= 4 is 11.9 Å². The number of likely N-dealkylation sites (tertiary alicyclic amines) is 2. The van der Waals surface area contributed by atoms with Crippen LogP contribution >= 0.6 is 0 Å². The highest BCUT2D eigenvalue weighted by Gasteiger charge is 2.29. The summed E-state index contributed by atoms with van der Waals surface area (Å²) >= 11 is 0. The fraction of sp³-hybridized carbons (Fsp3) is 0.900. The van der Waals surface area contributed by atoms with Crippen LogP contribution in [-0.4, -0.2) is 79.8 Å². The normalized spacial score (nSPS) is 30.5. The minimum Gasteiger partial charge on any atom is -0.377 e. The molecule has 0 aliphatic carbocycles. The van der Waals surface area contributed by atoms with Crippen LogP contribution in [0.25, 0.3) is 0 Å². The van der Waals surface area contributed by atoms with Gasteiger partial charge in [0.1, 0.15) is 0 Å². The molecule has 27 heavy (non-hydrogen) atoms. The van der Waals surface area contributed by atoms with Gasteiger partial charge in [0.15, 0.2) is 0 Å². The molecule has 0 bridgehead atoms. The van der Waals surface area contributed by atoms with Gasteiger partial charge in [-0.1, -0.05) is 13.8 Å². The van der Waals surface area contributed by atoms with Crippen molar-refractivity contribution in [3.63, 3.8) is 0 Å². The minimum atomic E-state index is -0.0842. The van der Waals surface area contributed by atoms with Gasteiger partial charge in [0, 0.05) is 58.3 Å². The molecule has 0 aromatic carbocycles. The van der Waals surface area contributed by atoms with Crippen molar-refractivity contribution in [2.45, 2.75) is 58.1 Å². The van der Waals surface area contributed by atoms with Crippen LogP contribution in [0.15, 0.2) is 0 Å². The maximum absolute atomic E-state index is 12.3. The molecule has 3 aliphatic rings. The molecule has 7 nitrogen and oxygen atoms in total. The van der Waals surface area contributed by atoms with Crippen molar-refractivity contribution in [2.24, 2.45) is 11.8 Å². The summed E-state index contributed by atoms with van der Waals surface area (Å²) in [7, 11) is 0. The Morgan fingerprint density at radius 1 is 1.30 bits per heavy atom. The van der Waals surface area contributed by atoms with Crippen molar-refractivity contribution in [1.29, 1.82) is 0 Å². The Hall–Kier alpha value is -1.34. The van der Waals surface area contributed by atoms with Gasteiger partial charge in [0.05, 0.1) is 6.10 Å². The number of piperidine rings is 1. The first-order valence-corrected chi connectivity index (χ1v) is 10.7. The van der Waals surface area contributed by atoms with Crippen LogP contribution in [0.4, 0.5) is 4.79 Å². The first-order valence-electron chi connectivity index (χ1n) is 10.7. The number of nitrogens with one attached hydrogen (secondary N) is 2. The number of ether oxygens (including phenoxy) is 1. The van der Waals surface area contributed by atoms with Gasteiger partial charge in [-0.25, -0.2) is 4.79 Å². The third-order valence-corrected chi connectivity index (χ3v) is 6.11. The highest BCUT2D eigenvalue weighted by atomic mass is 16.5. The zero-order valence-corrected chi connectivity index (χ0v) is 16.9. The molecule has 4 atom stereocenters. The molecule has 154 valence electrons. The van der Waals surface area contributed by atoms with E-state index in [0.29, 0.717) is 25.0 Å². The van der Waals surface area contributed by atoms with Crippen molar-refractivity contribution in [3.05, 3.63) is 0 Å². The zero-order valence-electron chi connectivity index (χ0n) is 16.9. The van der Waals surface area contributed by atoms with Crippen molar-refractivity contribution in [2.75, 3.05) is 45.9 Å². The Balaban J connectivity index is 1.32. The summed E-state index contributed by atoms with van der Waals surface area (Å²) in [5.74, 6) is 0.948. The number of amides is 3. The Labute approximate surface area is 163 Å². The van der Waals surface area contributed by atoms with E-state index in [-0.39, 0.29) is 23.9 Å². The molecule has 0 unspecified atom stereocenters. The lowest BCUT2D eigenvalue weighted by molar-refractivity contribution is -0.128. The van der Waals surface area contributed by atoms with Crippen molar-refractivity contribution in [3.8, 4) is 0 Å². The molecular weight excluding hydrogens is 344 g/mol. The van der Waals surface area contributed by atoms with Crippen LogP contribution in [0, 0.1) is 11.8 Å². The Kier molecular flexibility index (Phi) is 7.35. The third kappa shape index (κ3) is 6.07. The largest absolute Gasteiger partial charge is 0.377 e. The van der Waals surface area contributed by atoms with Crippen molar-refractivity contribution in [1.82, 2.24) is 20.4 Å². The lowest BCUT2D eigenvalue weighted by Crippen LogP contribution is -2.53. The zero-order chi connectivity index (χ0) is 19.2. The van der Waals surface area contributed by atoms with Crippen LogP contribution in [0.3, 0.4) is 0 Å². The number of hydrogen-bond donors (Lipinski definition) is 2. The number of carbonyl (C=O) groups is 2. The molecule has 2 N–H and O–H groups in total. The van der Waals surface area contributed by atoms with Gasteiger partial charge in [-0.2, -0.15) is 0 Å². The molecule has 3 aliphatic heterocycles. The van der Waals surface area contributed by atoms with Crippen LogP contribution in [0.1, 0.15) is 46.0 Å². The highest BCUT2D eigenvalue weighted by molar-refractivity contribution is 5.78. The van der Waals surface area contributed by atoms with Gasteiger partial charge in [0.2, 0.25) is 5.91 Å². The van der Waals surface area contributed by atoms with E-state index in [1.165, 1.54) is 12.8 Å². The van der Waals surface area contributed by atoms with E-state index < -0.39 is 0 Å². The molecule has 0 radical (unpaired) electrons. The fourth-order valence-corrected chi connectivity index (χ4v) is 4.51. The molecule has 0 aromatic heterocycles. The summed E-state index contributed by atoms with van der Waals surface area (Å²) in [5.41, 5.74) is 0. The predicted octanol–water partition coefficient (Wildman–Crippen LogP) is 1.43. The van der Waals surface area contributed by atoms with Crippen molar-refractivity contribution < 1.29 is 14.3 Å². The van der Waals surface area contributed by atoms with E-state index in [4.69, 9.17) is 4.74 Å². The fourth-order valence-electron chi connectivity index (χ4n) is 4.51. The van der Waals surface area contributed by atoms with Crippen LogP contribution in [0.5, 0.6) is 0 Å². The molecule has 0 saturated carbocycles. The monoisotopic (exact) mass is 380 g/mol. The number of rotatable bonds is 7. The first kappa shape index (κ1) is 20.4. The Morgan fingerprint density at radius 2 is 2.15 bits per heavy atom. The van der Waals surface area contributed by atoms with Gasteiger partial charge in [-0.3, -0.25) is 4.79 Å². The quantitative estimate of drug-likeness (QED) is 0.701. The predicted molar refractivity (Wildman–Crippen MR) is 104 cm³/mol. The number of hydrogen-bond acceptors (Lipinski definition) is 4. The third-order valence-electron chi connectivity index (χ3n) is 6.11. The molecule has 7 heteroatoms. The van der Waals surface area contributed by atoms with Gasteiger partial charge in [-0.15, -0.1) is 0 Å². The number of carbonyl (C=O) groups excluding carboxylic acids is 2. The van der Waals surface area contributed by atoms with Gasteiger partial charge in [0.25, 0.3) is 0 Å². The smallest absolute Gasteiger partial charge is 0.315 e. The Bertz CT molecular complexity index is 509. The van der Waals surface area contributed by atoms with E-state index in [1.54, 1.807) is 0 Å². The molecule has 3 fully saturated rings. The first-order chi connectivity index (χ1) is 13.0. The summed E-state index contributed by atoms with van der Waals surface area (Å²) in [4.78, 5) is 28.4. The average Bonchev–Trinajstić information content (AvgIpc) is 3.28. The molecular formula is C20H36N4O3. The van der Waals surface area contributed by atoms with Crippen LogP contribution in [0.2, 0.25) is 0 Å². The average molecular weight is 381 g/mol. The number of nitrogens with zero attached hydrogens (tertiary/aromatic N) is 2. The second kappa shape index (κ2) is 9.73. The van der Waals surface area contributed by atoms with E-state index >= 15 is 0 Å². The lowest BCUT2D eigenvalue weighted by Gasteiger charge is -2.38. The Morgan fingerprint density at radius 3 is 2.81 bits per heavy atom. The summed E-state index contributed by atoms with van der Waals surface area (Å²) in [6.45, 7) is 10.4. The van der Waals surface area contributed by atoms with Gasteiger partial charge >= 0.3 is 6.03 Å². The topological polar surface area (TPSA) is 73.9 Å². The maximum Gasteiger partial charge on any atom is 0.315 e. The van der Waals surface area contributed by atoms with E-state index in [1.807, 2.05) is 4.90 Å². The molecule has 0 aromatic rings. The second-order valence-electron chi connectivity index (χ2n) is 8.67. The SMILES string of the molecule is C[C@H](CNC(=O)N[C@@H]1CCN(C[C@@H]2CCCO2)C[C@@H]1C)CN1CCCC1=O. The molecule has 3 amide bonds. The van der Waals surface area contributed by atoms with E-state index in [0.717, 1.165) is 52.2 Å². The van der Waals surface area contributed by atoms with E-state index in [9.17, 15) is 9.59 Å². The van der Waals surface area contributed by atoms with Crippen LogP contribution < -0.4 is 10.6 Å². The molecule has 3 rings (SSSR count). The second-order valence-corrected chi connectivity index (χ2v) is 8.67. The van der Waals surface area contributed by atoms with Crippen LogP contribution in [-0.2, 0) is 9.53 Å². The number of urea groups is 1. The molecule has 3 saturated heterocycles. The van der Waals surface area contributed by atoms with Gasteiger partial charge in [-0.05, 0) is 37.5 Å². The maximum atomic E-state index is 12.3. The minimum absolute atomic E-state index is 0.0842. The summed E-state index contributed by atoms with van der Waals surface area (Å²) in [5, 5.41) is 6.14. The summed E-state index contributed by atoms with van der Waals surface area (Å²) in [6, 6.07) is 0.139. The summed E-state index contributed by atoms with van der Waals surface area (Å²) in [6.07, 6.45) is 5.37. The lowest BCUT2D eigenvalue weighted by atomic mass is 9.93. The standard InChI is InChI=1S/C20H36N4O3/c1-15(12-24-8-3-6-19(24)25)11-21-20(26)22-18-7-9-23(13-16(18)2)14-17-5-4-10-27-17/h15-18H,3-14H2,1-2H3,(H2,21,22,26)/t15-,16+,17+,18-/m1/s1. The van der Waals surface area contributed by atoms with Gasteiger partial charge < -0.3 is 25.2 Å². The van der Waals surface area contributed by atoms with E-state index in [2.05, 4.69) is 29.4 Å². The summed E-state index contributed by atoms with van der Waals surface area (Å²) < 4.78 is 5.74. The highest BCUT2D eigenvalue weighted by Crippen LogP contribution is 2.20. The molecule has 3 heterocycles.